The zero-order valence-corrected chi connectivity index (χ0v) is 16.9. The summed E-state index contributed by atoms with van der Waals surface area (Å²) in [5, 5.41) is 0. The largest absolute Gasteiger partial charge is 0.497 e. The number of carbonyl (C=O) groups is 1. The second-order valence-electron chi connectivity index (χ2n) is 5.98. The minimum absolute atomic E-state index is 0.209. The third-order valence-electron chi connectivity index (χ3n) is 4.10. The number of rotatable bonds is 9. The first-order chi connectivity index (χ1) is 13.7. The van der Waals surface area contributed by atoms with Gasteiger partial charge in [0, 0.05) is 13.2 Å². The van der Waals surface area contributed by atoms with E-state index in [1.165, 1.54) is 11.3 Å². The number of hydrogen-bond acceptors (Lipinski definition) is 5. The lowest BCUT2D eigenvalue weighted by Gasteiger charge is -2.06. The van der Waals surface area contributed by atoms with Crippen molar-refractivity contribution in [3.05, 3.63) is 53.3 Å². The van der Waals surface area contributed by atoms with Crippen molar-refractivity contribution >= 4 is 27.5 Å². The zero-order valence-electron chi connectivity index (χ0n) is 16.1. The van der Waals surface area contributed by atoms with Crippen molar-refractivity contribution < 1.29 is 19.0 Å². The van der Waals surface area contributed by atoms with Crippen molar-refractivity contribution in [3.63, 3.8) is 0 Å². The second-order valence-corrected chi connectivity index (χ2v) is 6.99. The molecule has 0 saturated carbocycles. The van der Waals surface area contributed by atoms with E-state index >= 15 is 0 Å². The number of aromatic nitrogens is 1. The van der Waals surface area contributed by atoms with Gasteiger partial charge in [-0.05, 0) is 37.3 Å². The molecule has 0 saturated heterocycles. The molecule has 0 spiro atoms. The van der Waals surface area contributed by atoms with Crippen LogP contribution in [0.4, 0.5) is 0 Å². The van der Waals surface area contributed by atoms with E-state index in [0.29, 0.717) is 31.2 Å². The van der Waals surface area contributed by atoms with Crippen LogP contribution in [0.1, 0.15) is 13.3 Å². The van der Waals surface area contributed by atoms with Crippen molar-refractivity contribution in [1.29, 1.82) is 0 Å². The third-order valence-corrected chi connectivity index (χ3v) is 5.14. The minimum atomic E-state index is -0.209. The fourth-order valence-corrected chi connectivity index (χ4v) is 3.82. The Morgan fingerprint density at radius 3 is 2.68 bits per heavy atom. The Kier molecular flexibility index (Phi) is 7.22. The second kappa shape index (κ2) is 10.1. The molecule has 28 heavy (non-hydrogen) atoms. The van der Waals surface area contributed by atoms with E-state index in [1.54, 1.807) is 7.11 Å². The number of thiazole rings is 1. The van der Waals surface area contributed by atoms with Gasteiger partial charge in [0.05, 0.1) is 37.0 Å². The number of benzene rings is 2. The minimum Gasteiger partial charge on any atom is -0.497 e. The number of amides is 1. The van der Waals surface area contributed by atoms with Gasteiger partial charge in [-0.3, -0.25) is 4.79 Å². The Bertz CT molecular complexity index is 979. The maximum Gasteiger partial charge on any atom is 0.251 e. The molecule has 0 unspecified atom stereocenters. The molecule has 3 aromatic rings. The Morgan fingerprint density at radius 1 is 1.11 bits per heavy atom. The summed E-state index contributed by atoms with van der Waals surface area (Å²) in [6.45, 7) is 4.10. The van der Waals surface area contributed by atoms with Gasteiger partial charge in [-0.25, -0.2) is 0 Å². The fraction of sp³-hybridized carbons (Fsp3) is 0.333. The van der Waals surface area contributed by atoms with Crippen molar-refractivity contribution in [2.24, 2.45) is 4.99 Å². The van der Waals surface area contributed by atoms with E-state index in [2.05, 4.69) is 4.99 Å². The Morgan fingerprint density at radius 2 is 1.93 bits per heavy atom. The van der Waals surface area contributed by atoms with Gasteiger partial charge in [-0.15, -0.1) is 0 Å². The molecular formula is C21H24N2O4S. The van der Waals surface area contributed by atoms with Crippen LogP contribution in [-0.4, -0.2) is 37.4 Å². The Balaban J connectivity index is 1.78. The van der Waals surface area contributed by atoms with E-state index < -0.39 is 0 Å². The summed E-state index contributed by atoms with van der Waals surface area (Å²) in [5.41, 5.74) is 1.01. The van der Waals surface area contributed by atoms with Gasteiger partial charge in [0.25, 0.3) is 5.91 Å². The van der Waals surface area contributed by atoms with Crippen LogP contribution in [0.2, 0.25) is 0 Å². The summed E-state index contributed by atoms with van der Waals surface area (Å²) in [5.74, 6) is 1.32. The number of nitrogens with zero attached hydrogens (tertiary/aromatic N) is 2. The molecule has 0 atom stereocenters. The van der Waals surface area contributed by atoms with Gasteiger partial charge >= 0.3 is 0 Å². The molecular weight excluding hydrogens is 376 g/mol. The lowest BCUT2D eigenvalue weighted by Crippen LogP contribution is -2.20. The monoisotopic (exact) mass is 400 g/mol. The zero-order chi connectivity index (χ0) is 19.8. The summed E-state index contributed by atoms with van der Waals surface area (Å²) in [4.78, 5) is 17.4. The molecule has 0 bridgehead atoms. The topological polar surface area (TPSA) is 62.1 Å². The predicted molar refractivity (Wildman–Crippen MR) is 110 cm³/mol. The van der Waals surface area contributed by atoms with Crippen LogP contribution in [0.3, 0.4) is 0 Å². The van der Waals surface area contributed by atoms with Crippen LogP contribution < -0.4 is 14.3 Å². The average molecular weight is 401 g/mol. The lowest BCUT2D eigenvalue weighted by atomic mass is 10.3. The molecule has 6 nitrogen and oxygen atoms in total. The maximum absolute atomic E-state index is 12.4. The van der Waals surface area contributed by atoms with Crippen LogP contribution in [0.25, 0.3) is 10.2 Å². The molecule has 0 aliphatic carbocycles. The van der Waals surface area contributed by atoms with Gasteiger partial charge < -0.3 is 18.8 Å². The number of hydrogen-bond donors (Lipinski definition) is 0. The number of fused-ring (bicyclic) bond motifs is 1. The van der Waals surface area contributed by atoms with Crippen LogP contribution >= 0.6 is 11.3 Å². The summed E-state index contributed by atoms with van der Waals surface area (Å²) in [6, 6.07) is 15.3. The van der Waals surface area contributed by atoms with E-state index in [-0.39, 0.29) is 12.3 Å². The SMILES string of the molecule is CCOCCn1c(=NC(=O)CCOc2ccccc2)sc2cc(OC)ccc21. The molecule has 1 amide bonds. The molecule has 0 aliphatic rings. The van der Waals surface area contributed by atoms with Crippen molar-refractivity contribution in [1.82, 2.24) is 4.57 Å². The standard InChI is InChI=1S/C21H24N2O4S/c1-3-26-14-12-23-18-10-9-17(25-2)15-19(18)28-21(23)22-20(24)11-13-27-16-7-5-4-6-8-16/h4-10,15H,3,11-14H2,1-2H3. The van der Waals surface area contributed by atoms with Crippen LogP contribution in [0, 0.1) is 0 Å². The molecule has 2 aromatic carbocycles. The quantitative estimate of drug-likeness (QED) is 0.515. The van der Waals surface area contributed by atoms with Crippen LogP contribution in [-0.2, 0) is 16.1 Å². The van der Waals surface area contributed by atoms with Crippen LogP contribution in [0.15, 0.2) is 53.5 Å². The first-order valence-electron chi connectivity index (χ1n) is 9.21. The van der Waals surface area contributed by atoms with Crippen molar-refractivity contribution in [2.75, 3.05) is 26.9 Å². The molecule has 0 aliphatic heterocycles. The number of methoxy groups -OCH3 is 1. The van der Waals surface area contributed by atoms with Crippen molar-refractivity contribution in [3.8, 4) is 11.5 Å². The number of carbonyl (C=O) groups excluding carboxylic acids is 1. The summed E-state index contributed by atoms with van der Waals surface area (Å²) in [7, 11) is 1.64. The van der Waals surface area contributed by atoms with Gasteiger partial charge in [-0.1, -0.05) is 29.5 Å². The number of ether oxygens (including phenoxy) is 3. The molecule has 0 radical (unpaired) electrons. The highest BCUT2D eigenvalue weighted by Crippen LogP contribution is 2.23. The van der Waals surface area contributed by atoms with Gasteiger partial charge in [0.15, 0.2) is 4.80 Å². The molecule has 1 aromatic heterocycles. The molecule has 0 fully saturated rings. The first kappa shape index (κ1) is 20.1. The number of para-hydroxylation sites is 1. The molecule has 0 N–H and O–H groups in total. The Hall–Kier alpha value is -2.64. The smallest absolute Gasteiger partial charge is 0.251 e. The predicted octanol–water partition coefficient (Wildman–Crippen LogP) is 3.64. The van der Waals surface area contributed by atoms with Gasteiger partial charge in [0.2, 0.25) is 0 Å². The average Bonchev–Trinajstić information content (AvgIpc) is 3.05. The highest BCUT2D eigenvalue weighted by Gasteiger charge is 2.09. The highest BCUT2D eigenvalue weighted by molar-refractivity contribution is 7.16. The van der Waals surface area contributed by atoms with Crippen molar-refractivity contribution in [2.45, 2.75) is 19.9 Å². The van der Waals surface area contributed by atoms with Gasteiger partial charge in [0.1, 0.15) is 11.5 Å². The summed E-state index contributed by atoms with van der Waals surface area (Å²) >= 11 is 1.47. The van der Waals surface area contributed by atoms with E-state index in [0.717, 1.165) is 21.7 Å². The van der Waals surface area contributed by atoms with E-state index in [1.807, 2.05) is 60.0 Å². The van der Waals surface area contributed by atoms with Crippen LogP contribution in [0.5, 0.6) is 11.5 Å². The maximum atomic E-state index is 12.4. The van der Waals surface area contributed by atoms with E-state index in [9.17, 15) is 4.79 Å². The first-order valence-corrected chi connectivity index (χ1v) is 10.0. The molecule has 3 rings (SSSR count). The highest BCUT2D eigenvalue weighted by atomic mass is 32.1. The molecule has 1 heterocycles. The molecule has 7 heteroatoms. The Labute approximate surface area is 168 Å². The lowest BCUT2D eigenvalue weighted by molar-refractivity contribution is -0.118. The summed E-state index contributed by atoms with van der Waals surface area (Å²) < 4.78 is 19.4. The normalized spacial score (nSPS) is 11.7. The summed E-state index contributed by atoms with van der Waals surface area (Å²) in [6.07, 6.45) is 0.220. The molecule has 148 valence electrons. The third kappa shape index (κ3) is 5.21. The fourth-order valence-electron chi connectivity index (χ4n) is 2.72. The van der Waals surface area contributed by atoms with E-state index in [4.69, 9.17) is 14.2 Å². The van der Waals surface area contributed by atoms with Gasteiger partial charge in [-0.2, -0.15) is 4.99 Å².